The quantitative estimate of drug-likeness (QED) is 0.820. The molecule has 1 aromatic rings. The molecule has 0 aliphatic carbocycles. The lowest BCUT2D eigenvalue weighted by molar-refractivity contribution is 0.0715. The van der Waals surface area contributed by atoms with Gasteiger partial charge in [0.15, 0.2) is 0 Å². The minimum Gasteiger partial charge on any atom is -0.336 e. The van der Waals surface area contributed by atoms with Crippen molar-refractivity contribution in [1.82, 2.24) is 25.4 Å². The standard InChI is InChI=1S/C12H21N5O/c1-3-17(8-10-4-6-13-7-5-10)12(18)11-14-9(2)15-16-11/h10,13H,3-8H2,1-2H3,(H,14,15,16). The van der Waals surface area contributed by atoms with Gasteiger partial charge in [-0.25, -0.2) is 4.98 Å². The maximum Gasteiger partial charge on any atom is 0.293 e. The van der Waals surface area contributed by atoms with E-state index in [1.165, 1.54) is 0 Å². The first-order valence-electron chi connectivity index (χ1n) is 6.59. The zero-order chi connectivity index (χ0) is 13.0. The summed E-state index contributed by atoms with van der Waals surface area (Å²) in [6, 6.07) is 0. The van der Waals surface area contributed by atoms with Crippen LogP contribution in [0.5, 0.6) is 0 Å². The summed E-state index contributed by atoms with van der Waals surface area (Å²) in [7, 11) is 0. The van der Waals surface area contributed by atoms with E-state index in [2.05, 4.69) is 20.5 Å². The van der Waals surface area contributed by atoms with E-state index in [9.17, 15) is 4.79 Å². The topological polar surface area (TPSA) is 73.9 Å². The molecule has 6 heteroatoms. The fraction of sp³-hybridized carbons (Fsp3) is 0.750. The molecule has 1 aliphatic heterocycles. The van der Waals surface area contributed by atoms with Gasteiger partial charge in [0.1, 0.15) is 5.82 Å². The SMILES string of the molecule is CCN(CC1CCNCC1)C(=O)c1n[nH]c(C)n1. The molecule has 2 N–H and O–H groups in total. The average Bonchev–Trinajstić information content (AvgIpc) is 2.83. The molecule has 0 spiro atoms. The number of carbonyl (C=O) groups excluding carboxylic acids is 1. The second-order valence-electron chi connectivity index (χ2n) is 4.78. The normalized spacial score (nSPS) is 16.8. The third-order valence-electron chi connectivity index (χ3n) is 3.39. The van der Waals surface area contributed by atoms with E-state index in [1.807, 2.05) is 11.8 Å². The molecule has 1 aromatic heterocycles. The number of aromatic amines is 1. The molecule has 1 saturated heterocycles. The Bertz CT molecular complexity index is 397. The number of hydrogen-bond acceptors (Lipinski definition) is 4. The smallest absolute Gasteiger partial charge is 0.293 e. The summed E-state index contributed by atoms with van der Waals surface area (Å²) in [4.78, 5) is 18.2. The van der Waals surface area contributed by atoms with Crippen LogP contribution in [-0.4, -0.2) is 52.2 Å². The fourth-order valence-electron chi connectivity index (χ4n) is 2.31. The highest BCUT2D eigenvalue weighted by atomic mass is 16.2. The van der Waals surface area contributed by atoms with Gasteiger partial charge >= 0.3 is 0 Å². The Labute approximate surface area is 107 Å². The number of carbonyl (C=O) groups is 1. The molecule has 6 nitrogen and oxygen atoms in total. The molecule has 100 valence electrons. The van der Waals surface area contributed by atoms with Crippen molar-refractivity contribution in [3.05, 3.63) is 11.6 Å². The maximum atomic E-state index is 12.2. The fourth-order valence-corrected chi connectivity index (χ4v) is 2.31. The number of hydrogen-bond donors (Lipinski definition) is 2. The molecule has 0 bridgehead atoms. The van der Waals surface area contributed by atoms with Crippen LogP contribution in [0.25, 0.3) is 0 Å². The van der Waals surface area contributed by atoms with Gasteiger partial charge in [-0.2, -0.15) is 0 Å². The van der Waals surface area contributed by atoms with Crippen LogP contribution in [0, 0.1) is 12.8 Å². The van der Waals surface area contributed by atoms with E-state index in [0.717, 1.165) is 32.5 Å². The first-order chi connectivity index (χ1) is 8.70. The van der Waals surface area contributed by atoms with Gasteiger partial charge in [-0.1, -0.05) is 0 Å². The lowest BCUT2D eigenvalue weighted by atomic mass is 9.97. The highest BCUT2D eigenvalue weighted by Gasteiger charge is 2.22. The van der Waals surface area contributed by atoms with Crippen molar-refractivity contribution in [3.63, 3.8) is 0 Å². The Hall–Kier alpha value is -1.43. The maximum absolute atomic E-state index is 12.2. The van der Waals surface area contributed by atoms with E-state index < -0.39 is 0 Å². The van der Waals surface area contributed by atoms with E-state index in [4.69, 9.17) is 0 Å². The van der Waals surface area contributed by atoms with Crippen molar-refractivity contribution in [2.24, 2.45) is 5.92 Å². The third-order valence-corrected chi connectivity index (χ3v) is 3.39. The Balaban J connectivity index is 1.97. The Morgan fingerprint density at radius 2 is 2.17 bits per heavy atom. The number of nitrogens with one attached hydrogen (secondary N) is 2. The predicted octanol–water partition coefficient (Wildman–Crippen LogP) is 0.575. The molecule has 0 saturated carbocycles. The summed E-state index contributed by atoms with van der Waals surface area (Å²) < 4.78 is 0. The number of aromatic nitrogens is 3. The Morgan fingerprint density at radius 3 is 2.72 bits per heavy atom. The second-order valence-corrected chi connectivity index (χ2v) is 4.78. The predicted molar refractivity (Wildman–Crippen MR) is 68.3 cm³/mol. The zero-order valence-corrected chi connectivity index (χ0v) is 11.1. The second kappa shape index (κ2) is 5.95. The minimum absolute atomic E-state index is 0.0691. The minimum atomic E-state index is -0.0691. The molecule has 0 unspecified atom stereocenters. The van der Waals surface area contributed by atoms with Gasteiger partial charge in [0.25, 0.3) is 5.91 Å². The molecule has 0 radical (unpaired) electrons. The van der Waals surface area contributed by atoms with Crippen molar-refractivity contribution < 1.29 is 4.79 Å². The summed E-state index contributed by atoms with van der Waals surface area (Å²) in [5, 5.41) is 9.99. The average molecular weight is 251 g/mol. The van der Waals surface area contributed by atoms with Crippen LogP contribution in [-0.2, 0) is 0 Å². The van der Waals surface area contributed by atoms with Crippen LogP contribution in [0.15, 0.2) is 0 Å². The molecule has 18 heavy (non-hydrogen) atoms. The van der Waals surface area contributed by atoms with Crippen molar-refractivity contribution in [3.8, 4) is 0 Å². The van der Waals surface area contributed by atoms with Gasteiger partial charge in [0.05, 0.1) is 0 Å². The summed E-state index contributed by atoms with van der Waals surface area (Å²) in [6.45, 7) is 7.42. The number of nitrogens with zero attached hydrogens (tertiary/aromatic N) is 3. The van der Waals surface area contributed by atoms with Crippen molar-refractivity contribution in [2.45, 2.75) is 26.7 Å². The molecule has 0 aromatic carbocycles. The molecule has 0 atom stereocenters. The first kappa shape index (κ1) is 13.0. The van der Waals surface area contributed by atoms with Crippen molar-refractivity contribution in [2.75, 3.05) is 26.2 Å². The monoisotopic (exact) mass is 251 g/mol. The number of amides is 1. The molecule has 2 rings (SSSR count). The molecule has 2 heterocycles. The number of H-pyrrole nitrogens is 1. The van der Waals surface area contributed by atoms with Crippen LogP contribution in [0.2, 0.25) is 0 Å². The molecule has 1 aliphatic rings. The van der Waals surface area contributed by atoms with Crippen LogP contribution in [0.3, 0.4) is 0 Å². The summed E-state index contributed by atoms with van der Waals surface area (Å²) >= 11 is 0. The summed E-state index contributed by atoms with van der Waals surface area (Å²) in [5.74, 6) is 1.48. The summed E-state index contributed by atoms with van der Waals surface area (Å²) in [5.41, 5.74) is 0. The van der Waals surface area contributed by atoms with Gasteiger partial charge in [-0.3, -0.25) is 9.89 Å². The van der Waals surface area contributed by atoms with Crippen LogP contribution in [0.1, 0.15) is 36.2 Å². The van der Waals surface area contributed by atoms with E-state index in [-0.39, 0.29) is 11.7 Å². The number of rotatable bonds is 4. The number of piperidine rings is 1. The lowest BCUT2D eigenvalue weighted by Crippen LogP contribution is -2.39. The largest absolute Gasteiger partial charge is 0.336 e. The third kappa shape index (κ3) is 3.07. The number of aryl methyl sites for hydroxylation is 1. The highest BCUT2D eigenvalue weighted by molar-refractivity contribution is 5.90. The molecule has 1 amide bonds. The van der Waals surface area contributed by atoms with Gasteiger partial charge < -0.3 is 10.2 Å². The van der Waals surface area contributed by atoms with E-state index in [0.29, 0.717) is 18.3 Å². The van der Waals surface area contributed by atoms with Gasteiger partial charge in [0.2, 0.25) is 5.82 Å². The van der Waals surface area contributed by atoms with E-state index >= 15 is 0 Å². The zero-order valence-electron chi connectivity index (χ0n) is 11.1. The van der Waals surface area contributed by atoms with Gasteiger partial charge in [-0.15, -0.1) is 5.10 Å². The molecule has 1 fully saturated rings. The van der Waals surface area contributed by atoms with Gasteiger partial charge in [-0.05, 0) is 45.7 Å². The highest BCUT2D eigenvalue weighted by Crippen LogP contribution is 2.14. The van der Waals surface area contributed by atoms with Crippen LogP contribution < -0.4 is 5.32 Å². The lowest BCUT2D eigenvalue weighted by Gasteiger charge is -2.28. The molecular formula is C12H21N5O. The van der Waals surface area contributed by atoms with Crippen molar-refractivity contribution >= 4 is 5.91 Å². The van der Waals surface area contributed by atoms with E-state index in [1.54, 1.807) is 6.92 Å². The Kier molecular flexibility index (Phi) is 4.30. The van der Waals surface area contributed by atoms with Crippen LogP contribution >= 0.6 is 0 Å². The van der Waals surface area contributed by atoms with Crippen molar-refractivity contribution in [1.29, 1.82) is 0 Å². The summed E-state index contributed by atoms with van der Waals surface area (Å²) in [6.07, 6.45) is 2.27. The van der Waals surface area contributed by atoms with Crippen LogP contribution in [0.4, 0.5) is 0 Å². The first-order valence-corrected chi connectivity index (χ1v) is 6.59. The van der Waals surface area contributed by atoms with Gasteiger partial charge in [0, 0.05) is 13.1 Å². The molecular weight excluding hydrogens is 230 g/mol. The Morgan fingerprint density at radius 1 is 1.44 bits per heavy atom.